The zero-order valence-corrected chi connectivity index (χ0v) is 12.5. The van der Waals surface area contributed by atoms with E-state index in [4.69, 9.17) is 12.2 Å². The number of benzene rings is 1. The number of H-pyrrole nitrogens is 1. The van der Waals surface area contributed by atoms with Crippen LogP contribution >= 0.6 is 28.1 Å². The first-order valence-corrected chi connectivity index (χ1v) is 6.82. The van der Waals surface area contributed by atoms with Crippen molar-refractivity contribution in [2.75, 3.05) is 0 Å². The van der Waals surface area contributed by atoms with Gasteiger partial charge < -0.3 is 4.98 Å². The average molecular weight is 352 g/mol. The summed E-state index contributed by atoms with van der Waals surface area (Å²) in [5, 5.41) is 0. The number of amides is 2. The molecule has 0 aliphatic heterocycles. The zero-order valence-electron chi connectivity index (χ0n) is 10.1. The Morgan fingerprint density at radius 1 is 1.00 bits per heavy atom. The molecule has 2 aromatic rings. The lowest BCUT2D eigenvalue weighted by Gasteiger charge is -2.08. The lowest BCUT2D eigenvalue weighted by molar-refractivity contribution is 0.0846. The second kappa shape index (κ2) is 6.44. The smallest absolute Gasteiger partial charge is 0.272 e. The second-order valence-electron chi connectivity index (χ2n) is 3.80. The minimum atomic E-state index is -0.479. The van der Waals surface area contributed by atoms with E-state index < -0.39 is 11.8 Å². The lowest BCUT2D eigenvalue weighted by atomic mass is 10.2. The van der Waals surface area contributed by atoms with Gasteiger partial charge in [-0.2, -0.15) is 0 Å². The highest BCUT2D eigenvalue weighted by Gasteiger charge is 2.12. The first kappa shape index (κ1) is 14.4. The van der Waals surface area contributed by atoms with Gasteiger partial charge in [-0.05, 0) is 40.2 Å². The summed E-state index contributed by atoms with van der Waals surface area (Å²) in [6, 6.07) is 10.1. The maximum absolute atomic E-state index is 11.9. The van der Waals surface area contributed by atoms with E-state index in [0.29, 0.717) is 14.7 Å². The summed E-state index contributed by atoms with van der Waals surface area (Å²) in [6.07, 6.45) is 1.62. The molecule has 0 saturated carbocycles. The molecule has 1 aromatic heterocycles. The minimum absolute atomic E-state index is 0.287. The normalized spacial score (nSPS) is 9.85. The van der Waals surface area contributed by atoms with Crippen molar-refractivity contribution in [3.8, 4) is 0 Å². The van der Waals surface area contributed by atoms with Crippen LogP contribution in [-0.2, 0) is 0 Å². The number of hydrazine groups is 1. The number of halogens is 1. The number of aromatic amines is 1. The third-order valence-corrected chi connectivity index (χ3v) is 3.50. The van der Waals surface area contributed by atoms with Crippen LogP contribution in [0.3, 0.4) is 0 Å². The molecular formula is C13H10BrN3O2S. The summed E-state index contributed by atoms with van der Waals surface area (Å²) in [7, 11) is 0. The van der Waals surface area contributed by atoms with Crippen LogP contribution in [-0.4, -0.2) is 16.8 Å². The Hall–Kier alpha value is -1.99. The molecule has 0 saturated heterocycles. The lowest BCUT2D eigenvalue weighted by Crippen LogP contribution is -2.41. The molecule has 0 aliphatic rings. The molecule has 5 nitrogen and oxygen atoms in total. The fraction of sp³-hybridized carbons (Fsp3) is 0. The standard InChI is InChI=1S/C13H10BrN3O2S/c14-10-6-2-1-4-8(10)11(18)16-17-12(19)9-5-3-7-15-13(9)20/h1-7H,(H,15,20)(H,16,18)(H,17,19). The fourth-order valence-corrected chi connectivity index (χ4v) is 2.19. The summed E-state index contributed by atoms with van der Waals surface area (Å²) in [4.78, 5) is 26.5. The first-order valence-electron chi connectivity index (χ1n) is 5.62. The number of carbonyl (C=O) groups excluding carboxylic acids is 2. The first-order chi connectivity index (χ1) is 9.59. The molecule has 2 amide bonds. The van der Waals surface area contributed by atoms with Crippen molar-refractivity contribution in [2.24, 2.45) is 0 Å². The number of hydrogen-bond acceptors (Lipinski definition) is 3. The molecule has 0 fully saturated rings. The highest BCUT2D eigenvalue weighted by atomic mass is 79.9. The van der Waals surface area contributed by atoms with Crippen molar-refractivity contribution in [3.05, 3.63) is 62.8 Å². The Morgan fingerprint density at radius 2 is 1.60 bits per heavy atom. The Kier molecular flexibility index (Phi) is 4.65. The molecule has 20 heavy (non-hydrogen) atoms. The van der Waals surface area contributed by atoms with Gasteiger partial charge in [0, 0.05) is 10.7 Å². The fourth-order valence-electron chi connectivity index (χ4n) is 1.49. The largest absolute Gasteiger partial charge is 0.352 e. The van der Waals surface area contributed by atoms with E-state index in [1.807, 2.05) is 0 Å². The van der Waals surface area contributed by atoms with Crippen LogP contribution in [0.4, 0.5) is 0 Å². The molecular weight excluding hydrogens is 342 g/mol. The van der Waals surface area contributed by atoms with Gasteiger partial charge in [0.25, 0.3) is 11.8 Å². The summed E-state index contributed by atoms with van der Waals surface area (Å²) in [5.74, 6) is -0.899. The SMILES string of the molecule is O=C(NNC(=O)c1ccc[nH]c1=S)c1ccccc1Br. The van der Waals surface area contributed by atoms with Crippen LogP contribution in [0.1, 0.15) is 20.7 Å². The average Bonchev–Trinajstić information content (AvgIpc) is 2.45. The summed E-state index contributed by atoms with van der Waals surface area (Å²) >= 11 is 8.25. The molecule has 0 bridgehead atoms. The second-order valence-corrected chi connectivity index (χ2v) is 5.06. The zero-order chi connectivity index (χ0) is 14.5. The molecule has 0 aliphatic carbocycles. The maximum Gasteiger partial charge on any atom is 0.272 e. The van der Waals surface area contributed by atoms with Gasteiger partial charge in [0.05, 0.1) is 11.1 Å². The van der Waals surface area contributed by atoms with Crippen LogP contribution in [0.2, 0.25) is 0 Å². The Morgan fingerprint density at radius 3 is 2.25 bits per heavy atom. The van der Waals surface area contributed by atoms with Crippen molar-refractivity contribution < 1.29 is 9.59 Å². The molecule has 2 rings (SSSR count). The third kappa shape index (κ3) is 3.31. The highest BCUT2D eigenvalue weighted by molar-refractivity contribution is 9.10. The molecule has 3 N–H and O–H groups in total. The number of carbonyl (C=O) groups is 2. The molecule has 0 atom stereocenters. The van der Waals surface area contributed by atoms with E-state index in [2.05, 4.69) is 31.8 Å². The van der Waals surface area contributed by atoms with E-state index in [1.165, 1.54) is 0 Å². The highest BCUT2D eigenvalue weighted by Crippen LogP contribution is 2.15. The summed E-state index contributed by atoms with van der Waals surface area (Å²) in [6.45, 7) is 0. The van der Waals surface area contributed by atoms with Crippen LogP contribution in [0.25, 0.3) is 0 Å². The van der Waals surface area contributed by atoms with Gasteiger partial charge in [0.15, 0.2) is 0 Å². The predicted octanol–water partition coefficient (Wildman–Crippen LogP) is 2.58. The maximum atomic E-state index is 11.9. The molecule has 0 spiro atoms. The van der Waals surface area contributed by atoms with E-state index >= 15 is 0 Å². The third-order valence-electron chi connectivity index (χ3n) is 2.47. The minimum Gasteiger partial charge on any atom is -0.352 e. The molecule has 1 aromatic carbocycles. The molecule has 0 radical (unpaired) electrons. The van der Waals surface area contributed by atoms with E-state index in [-0.39, 0.29) is 5.56 Å². The van der Waals surface area contributed by atoms with Crippen molar-refractivity contribution in [2.45, 2.75) is 0 Å². The quantitative estimate of drug-likeness (QED) is 0.575. The van der Waals surface area contributed by atoms with E-state index in [0.717, 1.165) is 0 Å². The van der Waals surface area contributed by atoms with Crippen molar-refractivity contribution in [1.82, 2.24) is 15.8 Å². The van der Waals surface area contributed by atoms with Gasteiger partial charge in [-0.3, -0.25) is 20.4 Å². The van der Waals surface area contributed by atoms with Gasteiger partial charge in [-0.1, -0.05) is 24.4 Å². The van der Waals surface area contributed by atoms with E-state index in [1.54, 1.807) is 42.6 Å². The Balaban J connectivity index is 2.05. The molecule has 0 unspecified atom stereocenters. The van der Waals surface area contributed by atoms with E-state index in [9.17, 15) is 9.59 Å². The summed E-state index contributed by atoms with van der Waals surface area (Å²) < 4.78 is 0.948. The van der Waals surface area contributed by atoms with Crippen molar-refractivity contribution in [1.29, 1.82) is 0 Å². The number of pyridine rings is 1. The van der Waals surface area contributed by atoms with Crippen LogP contribution in [0, 0.1) is 4.64 Å². The van der Waals surface area contributed by atoms with Gasteiger partial charge >= 0.3 is 0 Å². The number of nitrogens with one attached hydrogen (secondary N) is 3. The van der Waals surface area contributed by atoms with Gasteiger partial charge in [0.1, 0.15) is 4.64 Å². The monoisotopic (exact) mass is 351 g/mol. The Labute approximate surface area is 128 Å². The number of hydrogen-bond donors (Lipinski definition) is 3. The van der Waals surface area contributed by atoms with Crippen LogP contribution in [0.15, 0.2) is 47.1 Å². The number of rotatable bonds is 2. The summed E-state index contributed by atoms with van der Waals surface area (Å²) in [5.41, 5.74) is 5.37. The molecule has 102 valence electrons. The topological polar surface area (TPSA) is 74.0 Å². The van der Waals surface area contributed by atoms with Gasteiger partial charge in [-0.15, -0.1) is 0 Å². The van der Waals surface area contributed by atoms with Crippen LogP contribution < -0.4 is 10.9 Å². The van der Waals surface area contributed by atoms with Gasteiger partial charge in [-0.25, -0.2) is 0 Å². The molecule has 7 heteroatoms. The molecule has 1 heterocycles. The van der Waals surface area contributed by atoms with Crippen molar-refractivity contribution in [3.63, 3.8) is 0 Å². The predicted molar refractivity (Wildman–Crippen MR) is 80.7 cm³/mol. The Bertz CT molecular complexity index is 715. The number of aromatic nitrogens is 1. The van der Waals surface area contributed by atoms with Crippen molar-refractivity contribution >= 4 is 40.0 Å². The van der Waals surface area contributed by atoms with Crippen LogP contribution in [0.5, 0.6) is 0 Å². The van der Waals surface area contributed by atoms with Gasteiger partial charge in [0.2, 0.25) is 0 Å².